The highest BCUT2D eigenvalue weighted by molar-refractivity contribution is 7.74. The summed E-state index contributed by atoms with van der Waals surface area (Å²) in [7, 11) is -15.4. The summed E-state index contributed by atoms with van der Waals surface area (Å²) in [5, 5.41) is 20.1. The molecular formula is C10H14NO13P3. The Morgan fingerprint density at radius 2 is 1.67 bits per heavy atom. The van der Waals surface area contributed by atoms with Crippen LogP contribution in [0, 0.1) is 0 Å². The number of H-pyrrole nitrogens is 1. The molecule has 0 radical (unpaired) electrons. The molecule has 6 atom stereocenters. The zero-order valence-corrected chi connectivity index (χ0v) is 15.7. The van der Waals surface area contributed by atoms with Crippen molar-refractivity contribution in [2.45, 2.75) is 24.4 Å². The zero-order valence-electron chi connectivity index (χ0n) is 13.1. The molecule has 0 bridgehead atoms. The van der Waals surface area contributed by atoms with E-state index in [-0.39, 0.29) is 0 Å². The summed E-state index contributed by atoms with van der Waals surface area (Å²) in [6.07, 6.45) is -4.18. The highest BCUT2D eigenvalue weighted by Crippen LogP contribution is 2.80. The first kappa shape index (κ1) is 21.0. The second kappa shape index (κ2) is 7.27. The molecular weight excluding hydrogens is 435 g/mol. The highest BCUT2D eigenvalue weighted by Gasteiger charge is 2.55. The van der Waals surface area contributed by atoms with Gasteiger partial charge in [0.15, 0.2) is 0 Å². The SMILES string of the molecule is O=c1ccc([C@@H]2O[C@H](COP3(=O)OP(=O)(O)OP(=O)(O)O3)C(O)C2O)c[nH]1. The summed E-state index contributed by atoms with van der Waals surface area (Å²) in [6.45, 7) is -0.810. The van der Waals surface area contributed by atoms with E-state index >= 15 is 0 Å². The second-order valence-corrected chi connectivity index (χ2v) is 10.5. The van der Waals surface area contributed by atoms with Crippen LogP contribution in [0.5, 0.6) is 0 Å². The number of aromatic nitrogens is 1. The van der Waals surface area contributed by atoms with Crippen molar-refractivity contribution in [2.24, 2.45) is 0 Å². The fraction of sp³-hybridized carbons (Fsp3) is 0.500. The van der Waals surface area contributed by atoms with Crippen molar-refractivity contribution in [3.05, 3.63) is 34.2 Å². The zero-order chi connectivity index (χ0) is 20.0. The molecule has 152 valence electrons. The minimum atomic E-state index is -5.20. The minimum Gasteiger partial charge on any atom is -0.387 e. The summed E-state index contributed by atoms with van der Waals surface area (Å²) in [4.78, 5) is 31.7. The van der Waals surface area contributed by atoms with E-state index in [1.165, 1.54) is 18.3 Å². The number of aromatic amines is 1. The molecule has 14 nitrogen and oxygen atoms in total. The van der Waals surface area contributed by atoms with E-state index in [1.54, 1.807) is 0 Å². The second-order valence-electron chi connectivity index (χ2n) is 5.49. The van der Waals surface area contributed by atoms with Crippen LogP contribution in [0.15, 0.2) is 23.1 Å². The van der Waals surface area contributed by atoms with E-state index in [1.807, 2.05) is 0 Å². The van der Waals surface area contributed by atoms with Gasteiger partial charge in [0.05, 0.1) is 6.61 Å². The lowest BCUT2D eigenvalue weighted by atomic mass is 10.0. The molecule has 3 rings (SSSR count). The van der Waals surface area contributed by atoms with Crippen molar-refractivity contribution in [1.82, 2.24) is 4.98 Å². The Kier molecular flexibility index (Phi) is 5.65. The van der Waals surface area contributed by atoms with Crippen molar-refractivity contribution in [3.63, 3.8) is 0 Å². The van der Waals surface area contributed by atoms with Gasteiger partial charge in [-0.3, -0.25) is 9.32 Å². The molecule has 0 spiro atoms. The van der Waals surface area contributed by atoms with Crippen LogP contribution in [0.1, 0.15) is 11.7 Å². The van der Waals surface area contributed by atoms with Crippen LogP contribution < -0.4 is 5.56 Å². The van der Waals surface area contributed by atoms with Gasteiger partial charge in [-0.1, -0.05) is 0 Å². The van der Waals surface area contributed by atoms with Gasteiger partial charge in [-0.15, -0.1) is 0 Å². The van der Waals surface area contributed by atoms with Crippen LogP contribution in [0.2, 0.25) is 0 Å². The third kappa shape index (κ3) is 4.83. The van der Waals surface area contributed by atoms with Gasteiger partial charge in [-0.25, -0.2) is 13.7 Å². The van der Waals surface area contributed by atoms with E-state index in [4.69, 9.17) is 14.5 Å². The molecule has 0 aromatic carbocycles. The first-order valence-electron chi connectivity index (χ1n) is 7.14. The van der Waals surface area contributed by atoms with Gasteiger partial charge in [0.25, 0.3) is 0 Å². The van der Waals surface area contributed by atoms with E-state index in [0.717, 1.165) is 0 Å². The van der Waals surface area contributed by atoms with Crippen LogP contribution in [0.3, 0.4) is 0 Å². The smallest absolute Gasteiger partial charge is 0.387 e. The predicted molar refractivity (Wildman–Crippen MR) is 83.2 cm³/mol. The third-order valence-electron chi connectivity index (χ3n) is 3.51. The van der Waals surface area contributed by atoms with E-state index in [9.17, 15) is 28.7 Å². The van der Waals surface area contributed by atoms with Crippen LogP contribution >= 0.6 is 23.5 Å². The van der Waals surface area contributed by atoms with Crippen LogP contribution in [0.4, 0.5) is 0 Å². The van der Waals surface area contributed by atoms with Crippen molar-refractivity contribution < 1.29 is 55.9 Å². The van der Waals surface area contributed by atoms with Gasteiger partial charge in [-0.2, -0.15) is 12.9 Å². The molecule has 2 aliphatic rings. The van der Waals surface area contributed by atoms with Gasteiger partial charge < -0.3 is 29.7 Å². The standard InChI is InChI=1S/C10H14NO13P3/c12-7-2-1-5(3-11-7)10-9(14)8(13)6(21-10)4-20-27(19)23-25(15,16)22-26(17,18)24-27/h1-3,6,8-10,13-14H,4H2,(H,11,12)(H,15,16)(H,17,18)/t6-,8?,9?,10+/m1/s1. The maximum atomic E-state index is 12.1. The fourth-order valence-electron chi connectivity index (χ4n) is 2.40. The molecule has 0 aliphatic carbocycles. The summed E-state index contributed by atoms with van der Waals surface area (Å²) >= 11 is 0. The average molecular weight is 449 g/mol. The lowest BCUT2D eigenvalue weighted by Crippen LogP contribution is -2.33. The summed E-state index contributed by atoms with van der Waals surface area (Å²) in [5.74, 6) is 0. The molecule has 0 amide bonds. The van der Waals surface area contributed by atoms with Crippen LogP contribution in [-0.4, -0.2) is 49.9 Å². The molecule has 2 aliphatic heterocycles. The van der Waals surface area contributed by atoms with Crippen molar-refractivity contribution in [2.75, 3.05) is 6.61 Å². The largest absolute Gasteiger partial charge is 0.492 e. The Bertz CT molecular complexity index is 867. The summed E-state index contributed by atoms with van der Waals surface area (Å²) in [5.41, 5.74) is -0.0889. The number of hydrogen-bond donors (Lipinski definition) is 5. The molecule has 1 aromatic rings. The number of aliphatic hydroxyl groups excluding tert-OH is 2. The highest BCUT2D eigenvalue weighted by atomic mass is 31.3. The van der Waals surface area contributed by atoms with E-state index in [0.29, 0.717) is 5.56 Å². The van der Waals surface area contributed by atoms with Gasteiger partial charge in [0.1, 0.15) is 24.4 Å². The van der Waals surface area contributed by atoms with Crippen molar-refractivity contribution >= 4 is 23.5 Å². The molecule has 2 saturated heterocycles. The first-order chi connectivity index (χ1) is 12.4. The number of hydrogen-bond acceptors (Lipinski definition) is 11. The van der Waals surface area contributed by atoms with Gasteiger partial charge in [-0.05, 0) is 11.6 Å². The molecule has 17 heteroatoms. The number of ether oxygens (including phenoxy) is 1. The molecule has 27 heavy (non-hydrogen) atoms. The Balaban J connectivity index is 1.70. The van der Waals surface area contributed by atoms with Crippen LogP contribution in [0.25, 0.3) is 0 Å². The van der Waals surface area contributed by atoms with Gasteiger partial charge in [0.2, 0.25) is 5.56 Å². The molecule has 4 unspecified atom stereocenters. The molecule has 1 aromatic heterocycles. The topological polar surface area (TPSA) is 211 Å². The van der Waals surface area contributed by atoms with Crippen molar-refractivity contribution in [3.8, 4) is 0 Å². The van der Waals surface area contributed by atoms with Crippen LogP contribution in [-0.2, 0) is 35.9 Å². The van der Waals surface area contributed by atoms with Crippen molar-refractivity contribution in [1.29, 1.82) is 0 Å². The quantitative estimate of drug-likeness (QED) is 0.381. The fourth-order valence-corrected chi connectivity index (χ4v) is 7.34. The molecule has 0 saturated carbocycles. The van der Waals surface area contributed by atoms with E-state index < -0.39 is 60.1 Å². The minimum absolute atomic E-state index is 0.313. The number of nitrogens with one attached hydrogen (secondary N) is 1. The Morgan fingerprint density at radius 1 is 1.04 bits per heavy atom. The van der Waals surface area contributed by atoms with Gasteiger partial charge >= 0.3 is 23.5 Å². The normalized spacial score (nSPS) is 45.0. The van der Waals surface area contributed by atoms with E-state index in [2.05, 4.69) is 22.4 Å². The molecule has 3 heterocycles. The summed E-state index contributed by atoms with van der Waals surface area (Å²) < 4.78 is 56.7. The maximum Gasteiger partial charge on any atom is 0.492 e. The third-order valence-corrected chi connectivity index (χ3v) is 8.88. The predicted octanol–water partition coefficient (Wildman–Crippen LogP) is -0.0745. The first-order valence-corrected chi connectivity index (χ1v) is 11.6. The molecule has 5 N–H and O–H groups in total. The number of aliphatic hydroxyl groups is 2. The lowest BCUT2D eigenvalue weighted by molar-refractivity contribution is -0.0231. The monoisotopic (exact) mass is 449 g/mol. The average Bonchev–Trinajstić information content (AvgIpc) is 2.79. The number of pyridine rings is 1. The Morgan fingerprint density at radius 3 is 2.22 bits per heavy atom. The van der Waals surface area contributed by atoms with Gasteiger partial charge in [0, 0.05) is 12.3 Å². The number of phosphoric acid groups is 3. The number of rotatable bonds is 4. The Labute approximate surface area is 150 Å². The molecule has 2 fully saturated rings. The Hall–Kier alpha value is -0.720. The summed E-state index contributed by atoms with van der Waals surface area (Å²) in [6, 6.07) is 2.51. The lowest BCUT2D eigenvalue weighted by Gasteiger charge is -2.27. The maximum absolute atomic E-state index is 12.1.